The number of carbonyl (C=O) groups is 1. The fraction of sp³-hybridized carbons (Fsp3) is 0.0714. The largest absolute Gasteiger partial charge is 0.444 e. The van der Waals surface area contributed by atoms with Gasteiger partial charge in [0.05, 0.1) is 5.56 Å². The molecule has 3 rings (SSSR count). The topological polar surface area (TPSA) is 81.2 Å². The number of rotatable bonds is 3. The zero-order valence-corrected chi connectivity index (χ0v) is 13.2. The first-order chi connectivity index (χ1) is 11.3. The van der Waals surface area contributed by atoms with Gasteiger partial charge in [-0.15, -0.1) is 5.10 Å². The van der Waals surface area contributed by atoms with E-state index in [0.29, 0.717) is 4.67 Å². The number of halogens is 4. The molecule has 0 spiro atoms. The van der Waals surface area contributed by atoms with Gasteiger partial charge < -0.3 is 8.83 Å². The van der Waals surface area contributed by atoms with Crippen molar-refractivity contribution < 1.29 is 26.8 Å². The van der Waals surface area contributed by atoms with Gasteiger partial charge in [0.25, 0.3) is 5.91 Å². The van der Waals surface area contributed by atoms with Crippen LogP contribution in [0.1, 0.15) is 16.1 Å². The maximum absolute atomic E-state index is 12.5. The lowest BCUT2D eigenvalue weighted by atomic mass is 10.1. The Hall–Kier alpha value is -2.62. The molecule has 0 atom stereocenters. The molecule has 10 heteroatoms. The summed E-state index contributed by atoms with van der Waals surface area (Å²) in [6.07, 6.45) is -4.43. The Kier molecular flexibility index (Phi) is 4.14. The Bertz CT molecular complexity index is 871. The van der Waals surface area contributed by atoms with Crippen molar-refractivity contribution in [3.05, 3.63) is 52.4 Å². The molecule has 124 valence electrons. The summed E-state index contributed by atoms with van der Waals surface area (Å²) in [5, 5.41) is 9.61. The van der Waals surface area contributed by atoms with Crippen LogP contribution in [0.25, 0.3) is 11.5 Å². The summed E-state index contributed by atoms with van der Waals surface area (Å²) in [4.78, 5) is 11.8. The van der Waals surface area contributed by atoms with Crippen molar-refractivity contribution >= 4 is 27.9 Å². The standard InChI is InChI=1S/C14H7BrF3N3O3/c15-10-6-5-9(23-10)11(22)19-13-21-20-12(24-13)7-1-3-8(4-2-7)14(16,17)18/h1-6H,(H,19,21,22). The zero-order valence-electron chi connectivity index (χ0n) is 11.6. The summed E-state index contributed by atoms with van der Waals surface area (Å²) in [5.41, 5.74) is -0.501. The lowest BCUT2D eigenvalue weighted by molar-refractivity contribution is -0.137. The third-order valence-corrected chi connectivity index (χ3v) is 3.33. The maximum Gasteiger partial charge on any atom is 0.416 e. The molecule has 0 aliphatic heterocycles. The van der Waals surface area contributed by atoms with E-state index in [4.69, 9.17) is 8.83 Å². The van der Waals surface area contributed by atoms with Crippen LogP contribution in [0.15, 0.2) is 49.9 Å². The maximum atomic E-state index is 12.5. The van der Waals surface area contributed by atoms with Crippen molar-refractivity contribution in [3.63, 3.8) is 0 Å². The molecule has 2 aromatic heterocycles. The van der Waals surface area contributed by atoms with E-state index in [1.807, 2.05) is 0 Å². The number of hydrogen-bond donors (Lipinski definition) is 1. The van der Waals surface area contributed by atoms with Gasteiger partial charge in [-0.3, -0.25) is 10.1 Å². The molecule has 1 aromatic carbocycles. The first kappa shape index (κ1) is 16.2. The van der Waals surface area contributed by atoms with Crippen LogP contribution in [-0.2, 0) is 6.18 Å². The summed E-state index contributed by atoms with van der Waals surface area (Å²) >= 11 is 3.06. The molecule has 2 heterocycles. The van der Waals surface area contributed by atoms with E-state index in [-0.39, 0.29) is 23.2 Å². The number of carbonyl (C=O) groups excluding carboxylic acids is 1. The minimum atomic E-state index is -4.43. The number of amides is 1. The number of furan rings is 1. The number of nitrogens with one attached hydrogen (secondary N) is 1. The van der Waals surface area contributed by atoms with Crippen LogP contribution in [0, 0.1) is 0 Å². The summed E-state index contributed by atoms with van der Waals surface area (Å²) in [6.45, 7) is 0. The van der Waals surface area contributed by atoms with E-state index in [2.05, 4.69) is 31.4 Å². The van der Waals surface area contributed by atoms with E-state index in [1.165, 1.54) is 24.3 Å². The third-order valence-electron chi connectivity index (χ3n) is 2.90. The minimum absolute atomic E-state index is 0.0242. The first-order valence-corrected chi connectivity index (χ1v) is 7.20. The van der Waals surface area contributed by atoms with E-state index in [9.17, 15) is 18.0 Å². The van der Waals surface area contributed by atoms with E-state index >= 15 is 0 Å². The van der Waals surface area contributed by atoms with E-state index in [1.54, 1.807) is 0 Å². The highest BCUT2D eigenvalue weighted by Gasteiger charge is 2.30. The second-order valence-corrected chi connectivity index (χ2v) is 5.33. The molecule has 3 aromatic rings. The van der Waals surface area contributed by atoms with Crippen LogP contribution in [0.4, 0.5) is 19.2 Å². The third kappa shape index (κ3) is 3.48. The Labute approximate surface area is 140 Å². The molecule has 0 unspecified atom stereocenters. The van der Waals surface area contributed by atoms with Crippen LogP contribution in [-0.4, -0.2) is 16.1 Å². The number of alkyl halides is 3. The second kappa shape index (κ2) is 6.11. The van der Waals surface area contributed by atoms with E-state index in [0.717, 1.165) is 12.1 Å². The summed E-state index contributed by atoms with van der Waals surface area (Å²) in [5.74, 6) is -0.612. The van der Waals surface area contributed by atoms with Gasteiger partial charge in [0, 0.05) is 5.56 Å². The molecule has 0 aliphatic carbocycles. The minimum Gasteiger partial charge on any atom is -0.444 e. The van der Waals surface area contributed by atoms with Crippen LogP contribution in [0.5, 0.6) is 0 Å². The SMILES string of the molecule is O=C(Nc1nnc(-c2ccc(C(F)(F)F)cc2)o1)c1ccc(Br)o1. The molecular weight excluding hydrogens is 395 g/mol. The molecule has 0 aliphatic rings. The quantitative estimate of drug-likeness (QED) is 0.704. The summed E-state index contributed by atoms with van der Waals surface area (Å²) in [6, 6.07) is 6.97. The number of anilines is 1. The number of aromatic nitrogens is 2. The lowest BCUT2D eigenvalue weighted by Crippen LogP contribution is -2.10. The van der Waals surface area contributed by atoms with Crippen molar-refractivity contribution in [2.24, 2.45) is 0 Å². The normalized spacial score (nSPS) is 11.5. The smallest absolute Gasteiger partial charge is 0.416 e. The fourth-order valence-electron chi connectivity index (χ4n) is 1.79. The van der Waals surface area contributed by atoms with Gasteiger partial charge in [0.15, 0.2) is 10.4 Å². The second-order valence-electron chi connectivity index (χ2n) is 4.55. The molecular formula is C14H7BrF3N3O3. The molecule has 0 fully saturated rings. The van der Waals surface area contributed by atoms with Crippen LogP contribution >= 0.6 is 15.9 Å². The predicted octanol–water partition coefficient (Wildman–Crippen LogP) is 4.36. The van der Waals surface area contributed by atoms with Gasteiger partial charge in [-0.1, -0.05) is 5.10 Å². The number of benzene rings is 1. The van der Waals surface area contributed by atoms with Gasteiger partial charge >= 0.3 is 12.2 Å². The monoisotopic (exact) mass is 401 g/mol. The highest BCUT2D eigenvalue weighted by molar-refractivity contribution is 9.10. The molecule has 0 bridgehead atoms. The molecule has 24 heavy (non-hydrogen) atoms. The van der Waals surface area contributed by atoms with Gasteiger partial charge in [0.2, 0.25) is 5.89 Å². The van der Waals surface area contributed by atoms with Gasteiger partial charge in [0.1, 0.15) is 0 Å². The average Bonchev–Trinajstić information content (AvgIpc) is 3.16. The van der Waals surface area contributed by atoms with Gasteiger partial charge in [-0.2, -0.15) is 13.2 Å². The van der Waals surface area contributed by atoms with Crippen molar-refractivity contribution in [2.75, 3.05) is 5.32 Å². The number of nitrogens with zero attached hydrogens (tertiary/aromatic N) is 2. The Morgan fingerprint density at radius 1 is 1.04 bits per heavy atom. The van der Waals surface area contributed by atoms with Crippen molar-refractivity contribution in [2.45, 2.75) is 6.18 Å². The fourth-order valence-corrected chi connectivity index (χ4v) is 2.09. The number of hydrogen-bond acceptors (Lipinski definition) is 5. The summed E-state index contributed by atoms with van der Waals surface area (Å²) < 4.78 is 48.2. The Morgan fingerprint density at radius 2 is 1.75 bits per heavy atom. The van der Waals surface area contributed by atoms with Crippen LogP contribution < -0.4 is 5.32 Å². The van der Waals surface area contributed by atoms with Crippen molar-refractivity contribution in [1.82, 2.24) is 10.2 Å². The molecule has 6 nitrogen and oxygen atoms in total. The summed E-state index contributed by atoms with van der Waals surface area (Å²) in [7, 11) is 0. The molecule has 0 radical (unpaired) electrons. The molecule has 1 amide bonds. The highest BCUT2D eigenvalue weighted by atomic mass is 79.9. The lowest BCUT2D eigenvalue weighted by Gasteiger charge is -2.05. The van der Waals surface area contributed by atoms with Crippen LogP contribution in [0.2, 0.25) is 0 Å². The van der Waals surface area contributed by atoms with E-state index < -0.39 is 17.6 Å². The van der Waals surface area contributed by atoms with Gasteiger partial charge in [-0.05, 0) is 52.3 Å². The molecule has 0 saturated carbocycles. The average molecular weight is 402 g/mol. The van der Waals surface area contributed by atoms with Crippen molar-refractivity contribution in [1.29, 1.82) is 0 Å². The first-order valence-electron chi connectivity index (χ1n) is 6.41. The Morgan fingerprint density at radius 3 is 2.33 bits per heavy atom. The highest BCUT2D eigenvalue weighted by Crippen LogP contribution is 2.31. The van der Waals surface area contributed by atoms with Gasteiger partial charge in [-0.25, -0.2) is 0 Å². The zero-order chi connectivity index (χ0) is 17.3. The van der Waals surface area contributed by atoms with Crippen LogP contribution in [0.3, 0.4) is 0 Å². The molecule has 1 N–H and O–H groups in total. The molecule has 0 saturated heterocycles. The van der Waals surface area contributed by atoms with Crippen molar-refractivity contribution in [3.8, 4) is 11.5 Å². The Balaban J connectivity index is 1.74. The predicted molar refractivity (Wildman–Crippen MR) is 79.1 cm³/mol.